The van der Waals surface area contributed by atoms with E-state index in [9.17, 15) is 8.42 Å². The van der Waals surface area contributed by atoms with E-state index in [-0.39, 0.29) is 12.4 Å². The lowest BCUT2D eigenvalue weighted by Gasteiger charge is -2.24. The molecule has 1 heterocycles. The van der Waals surface area contributed by atoms with Crippen LogP contribution in [0.5, 0.6) is 0 Å². The summed E-state index contributed by atoms with van der Waals surface area (Å²) in [6.07, 6.45) is 0. The van der Waals surface area contributed by atoms with Gasteiger partial charge in [0.15, 0.2) is 0 Å². The first-order chi connectivity index (χ1) is 10.5. The molecule has 2 aromatic rings. The van der Waals surface area contributed by atoms with Crippen LogP contribution in [0.3, 0.4) is 0 Å². The standard InChI is InChI=1S/C17H20N2O2S.ClH/c1-13-7-8-16(11-14(13)2)22(20,21)19-10-9-18-12-15-5-3-4-6-17(15)19;/h3-8,11,18H,9-10,12H2,1-2H3;1H. The molecule has 4 nitrogen and oxygen atoms in total. The monoisotopic (exact) mass is 352 g/mol. The Kier molecular flexibility index (Phi) is 5.34. The number of nitrogens with zero attached hydrogens (tertiary/aromatic N) is 1. The highest BCUT2D eigenvalue weighted by Crippen LogP contribution is 2.28. The SMILES string of the molecule is Cc1ccc(S(=O)(=O)N2CCNCc3ccccc32)cc1C.Cl. The Bertz CT molecular complexity index is 806. The molecule has 0 aromatic heterocycles. The average molecular weight is 353 g/mol. The summed E-state index contributed by atoms with van der Waals surface area (Å²) in [6.45, 7) is 5.68. The Hall–Kier alpha value is -1.56. The predicted octanol–water partition coefficient (Wildman–Crippen LogP) is 3.02. The lowest BCUT2D eigenvalue weighted by atomic mass is 10.1. The summed E-state index contributed by atoms with van der Waals surface area (Å²) in [5.74, 6) is 0. The highest BCUT2D eigenvalue weighted by Gasteiger charge is 2.27. The highest BCUT2D eigenvalue weighted by atomic mass is 35.5. The van der Waals surface area contributed by atoms with Crippen LogP contribution in [0.1, 0.15) is 16.7 Å². The van der Waals surface area contributed by atoms with E-state index < -0.39 is 10.0 Å². The van der Waals surface area contributed by atoms with Gasteiger partial charge in [0.25, 0.3) is 10.0 Å². The van der Waals surface area contributed by atoms with Gasteiger partial charge in [0.1, 0.15) is 0 Å². The maximum Gasteiger partial charge on any atom is 0.264 e. The van der Waals surface area contributed by atoms with Crippen molar-refractivity contribution in [2.75, 3.05) is 17.4 Å². The number of benzene rings is 2. The molecular weight excluding hydrogens is 332 g/mol. The fourth-order valence-corrected chi connectivity index (χ4v) is 4.27. The summed E-state index contributed by atoms with van der Waals surface area (Å²) in [7, 11) is -3.54. The van der Waals surface area contributed by atoms with Gasteiger partial charge >= 0.3 is 0 Å². The third-order valence-electron chi connectivity index (χ3n) is 4.13. The largest absolute Gasteiger partial charge is 0.311 e. The summed E-state index contributed by atoms with van der Waals surface area (Å²) in [5.41, 5.74) is 3.86. The summed E-state index contributed by atoms with van der Waals surface area (Å²) in [6, 6.07) is 13.0. The van der Waals surface area contributed by atoms with E-state index in [2.05, 4.69) is 5.32 Å². The summed E-state index contributed by atoms with van der Waals surface area (Å²) < 4.78 is 27.6. The predicted molar refractivity (Wildman–Crippen MR) is 95.8 cm³/mol. The minimum atomic E-state index is -3.54. The van der Waals surface area contributed by atoms with E-state index in [0.29, 0.717) is 24.5 Å². The van der Waals surface area contributed by atoms with E-state index in [1.807, 2.05) is 44.2 Å². The van der Waals surface area contributed by atoms with Crippen molar-refractivity contribution in [2.24, 2.45) is 0 Å². The van der Waals surface area contributed by atoms with Gasteiger partial charge in [0, 0.05) is 19.6 Å². The van der Waals surface area contributed by atoms with E-state index in [1.54, 1.807) is 12.1 Å². The van der Waals surface area contributed by atoms with Crippen molar-refractivity contribution in [3.8, 4) is 0 Å². The van der Waals surface area contributed by atoms with Crippen molar-refractivity contribution < 1.29 is 8.42 Å². The van der Waals surface area contributed by atoms with Crippen molar-refractivity contribution in [1.29, 1.82) is 0 Å². The first kappa shape index (κ1) is 17.8. The highest BCUT2D eigenvalue weighted by molar-refractivity contribution is 7.92. The molecule has 6 heteroatoms. The topological polar surface area (TPSA) is 49.4 Å². The van der Waals surface area contributed by atoms with Gasteiger partial charge in [-0.05, 0) is 48.7 Å². The van der Waals surface area contributed by atoms with E-state index in [0.717, 1.165) is 22.4 Å². The van der Waals surface area contributed by atoms with Gasteiger partial charge in [-0.1, -0.05) is 24.3 Å². The van der Waals surface area contributed by atoms with Crippen LogP contribution in [0.25, 0.3) is 0 Å². The maximum absolute atomic E-state index is 13.1. The molecule has 0 amide bonds. The van der Waals surface area contributed by atoms with Crippen LogP contribution in [0.2, 0.25) is 0 Å². The Labute approximate surface area is 144 Å². The molecule has 0 radical (unpaired) electrons. The zero-order valence-electron chi connectivity index (χ0n) is 13.2. The first-order valence-electron chi connectivity index (χ1n) is 7.39. The fourth-order valence-electron chi connectivity index (χ4n) is 2.68. The van der Waals surface area contributed by atoms with Crippen LogP contribution in [0.4, 0.5) is 5.69 Å². The maximum atomic E-state index is 13.1. The van der Waals surface area contributed by atoms with E-state index in [4.69, 9.17) is 0 Å². The molecule has 0 atom stereocenters. The number of anilines is 1. The number of fused-ring (bicyclic) bond motifs is 1. The van der Waals surface area contributed by atoms with Crippen molar-refractivity contribution in [3.05, 3.63) is 59.2 Å². The van der Waals surface area contributed by atoms with E-state index in [1.165, 1.54) is 4.31 Å². The molecule has 124 valence electrons. The van der Waals surface area contributed by atoms with Gasteiger partial charge in [-0.3, -0.25) is 4.31 Å². The molecule has 1 aliphatic rings. The second-order valence-electron chi connectivity index (χ2n) is 5.63. The fraction of sp³-hybridized carbons (Fsp3) is 0.294. The number of aryl methyl sites for hydroxylation is 2. The number of nitrogens with one attached hydrogen (secondary N) is 1. The number of sulfonamides is 1. The molecule has 3 rings (SSSR count). The van der Waals surface area contributed by atoms with Crippen LogP contribution < -0.4 is 9.62 Å². The van der Waals surface area contributed by atoms with Gasteiger partial charge in [0.05, 0.1) is 10.6 Å². The quantitative estimate of drug-likeness (QED) is 0.903. The number of hydrogen-bond acceptors (Lipinski definition) is 3. The van der Waals surface area contributed by atoms with Crippen molar-refractivity contribution in [2.45, 2.75) is 25.3 Å². The van der Waals surface area contributed by atoms with Crippen molar-refractivity contribution in [3.63, 3.8) is 0 Å². The molecular formula is C17H21ClN2O2S. The Morgan fingerprint density at radius 2 is 1.78 bits per heavy atom. The van der Waals surface area contributed by atoms with Gasteiger partial charge < -0.3 is 5.32 Å². The van der Waals surface area contributed by atoms with Crippen molar-refractivity contribution >= 4 is 28.1 Å². The van der Waals surface area contributed by atoms with Crippen LogP contribution >= 0.6 is 12.4 Å². The van der Waals surface area contributed by atoms with Gasteiger partial charge in [-0.25, -0.2) is 8.42 Å². The molecule has 0 saturated carbocycles. The summed E-state index contributed by atoms with van der Waals surface area (Å²) in [5, 5.41) is 3.27. The van der Waals surface area contributed by atoms with Crippen molar-refractivity contribution in [1.82, 2.24) is 5.32 Å². The van der Waals surface area contributed by atoms with Crippen LogP contribution in [0, 0.1) is 13.8 Å². The third kappa shape index (κ3) is 3.37. The Morgan fingerprint density at radius 3 is 2.52 bits per heavy atom. The van der Waals surface area contributed by atoms with Crippen LogP contribution in [0.15, 0.2) is 47.4 Å². The molecule has 0 fully saturated rings. The van der Waals surface area contributed by atoms with E-state index >= 15 is 0 Å². The molecule has 23 heavy (non-hydrogen) atoms. The Morgan fingerprint density at radius 1 is 1.04 bits per heavy atom. The second kappa shape index (κ2) is 6.91. The van der Waals surface area contributed by atoms with Gasteiger partial charge in [0.2, 0.25) is 0 Å². The number of rotatable bonds is 2. The number of halogens is 1. The first-order valence-corrected chi connectivity index (χ1v) is 8.83. The van der Waals surface area contributed by atoms with Gasteiger partial charge in [-0.15, -0.1) is 12.4 Å². The molecule has 1 aliphatic heterocycles. The Balaban J connectivity index is 0.00000192. The minimum Gasteiger partial charge on any atom is -0.311 e. The molecule has 0 unspecified atom stereocenters. The van der Waals surface area contributed by atoms with Crippen LogP contribution in [-0.4, -0.2) is 21.5 Å². The zero-order chi connectivity index (χ0) is 15.7. The normalized spacial score (nSPS) is 14.6. The molecule has 0 bridgehead atoms. The lowest BCUT2D eigenvalue weighted by molar-refractivity contribution is 0.589. The smallest absolute Gasteiger partial charge is 0.264 e. The second-order valence-corrected chi connectivity index (χ2v) is 7.49. The molecule has 0 aliphatic carbocycles. The molecule has 1 N–H and O–H groups in total. The molecule has 0 saturated heterocycles. The van der Waals surface area contributed by atoms with Gasteiger partial charge in [-0.2, -0.15) is 0 Å². The lowest BCUT2D eigenvalue weighted by Crippen LogP contribution is -2.34. The van der Waals surface area contributed by atoms with Crippen LogP contribution in [-0.2, 0) is 16.6 Å². The number of para-hydroxylation sites is 1. The minimum absolute atomic E-state index is 0. The third-order valence-corrected chi connectivity index (χ3v) is 5.94. The zero-order valence-corrected chi connectivity index (χ0v) is 14.9. The molecule has 2 aromatic carbocycles. The molecule has 0 spiro atoms. The number of hydrogen-bond donors (Lipinski definition) is 1. The summed E-state index contributed by atoms with van der Waals surface area (Å²) in [4.78, 5) is 0.354. The average Bonchev–Trinajstić information content (AvgIpc) is 2.72. The summed E-state index contributed by atoms with van der Waals surface area (Å²) >= 11 is 0.